The summed E-state index contributed by atoms with van der Waals surface area (Å²) in [7, 11) is 0. The van der Waals surface area contributed by atoms with Crippen molar-refractivity contribution >= 4 is 41.2 Å². The largest absolute Gasteiger partial charge is 0.455 e. The Balaban J connectivity index is 1.38. The normalized spacial score (nSPS) is 28.6. The van der Waals surface area contributed by atoms with Crippen LogP contribution in [0.2, 0.25) is 10.0 Å². The van der Waals surface area contributed by atoms with Gasteiger partial charge in [-0.25, -0.2) is 0 Å². The van der Waals surface area contributed by atoms with E-state index in [0.717, 1.165) is 17.9 Å². The Kier molecular flexibility index (Phi) is 4.18. The first-order valence-electron chi connectivity index (χ1n) is 9.18. The molecule has 2 heterocycles. The molecule has 1 aromatic heterocycles. The first-order valence-corrected chi connectivity index (χ1v) is 9.94. The van der Waals surface area contributed by atoms with Gasteiger partial charge in [-0.3, -0.25) is 9.59 Å². The second kappa shape index (κ2) is 6.61. The van der Waals surface area contributed by atoms with Gasteiger partial charge in [-0.15, -0.1) is 0 Å². The third kappa shape index (κ3) is 2.73. The second-order valence-corrected chi connectivity index (χ2v) is 8.24. The molecule has 28 heavy (non-hydrogen) atoms. The molecule has 7 heteroatoms. The molecule has 4 atom stereocenters. The molecule has 1 saturated heterocycles. The van der Waals surface area contributed by atoms with E-state index in [2.05, 4.69) is 17.3 Å². The maximum Gasteiger partial charge on any atom is 0.254 e. The van der Waals surface area contributed by atoms with Crippen LogP contribution in [0, 0.1) is 23.7 Å². The molecule has 1 aliphatic heterocycles. The molecule has 3 aliphatic carbocycles. The summed E-state index contributed by atoms with van der Waals surface area (Å²) in [6.07, 6.45) is 7.49. The first-order chi connectivity index (χ1) is 13.5. The van der Waals surface area contributed by atoms with Gasteiger partial charge in [0.25, 0.3) is 11.8 Å². The quantitative estimate of drug-likeness (QED) is 0.412. The van der Waals surface area contributed by atoms with Crippen LogP contribution in [0.3, 0.4) is 0 Å². The van der Waals surface area contributed by atoms with E-state index in [1.165, 1.54) is 6.21 Å². The van der Waals surface area contributed by atoms with Crippen molar-refractivity contribution < 1.29 is 14.0 Å². The van der Waals surface area contributed by atoms with Crippen LogP contribution < -0.4 is 0 Å². The van der Waals surface area contributed by atoms with Crippen LogP contribution in [-0.4, -0.2) is 23.0 Å². The van der Waals surface area contributed by atoms with Crippen molar-refractivity contribution in [2.45, 2.75) is 12.8 Å². The first kappa shape index (κ1) is 17.7. The highest BCUT2D eigenvalue weighted by Gasteiger charge is 2.56. The molecule has 1 aromatic carbocycles. The Hall–Kier alpha value is -2.37. The van der Waals surface area contributed by atoms with Gasteiger partial charge in [-0.2, -0.15) is 10.1 Å². The highest BCUT2D eigenvalue weighted by molar-refractivity contribution is 6.36. The lowest BCUT2D eigenvalue weighted by Gasteiger charge is -2.37. The fourth-order valence-corrected chi connectivity index (χ4v) is 5.04. The molecule has 5 nitrogen and oxygen atoms in total. The molecular weight excluding hydrogens is 399 g/mol. The minimum Gasteiger partial charge on any atom is -0.455 e. The molecule has 0 unspecified atom stereocenters. The zero-order chi connectivity index (χ0) is 19.4. The van der Waals surface area contributed by atoms with Crippen LogP contribution in [0.4, 0.5) is 0 Å². The van der Waals surface area contributed by atoms with Crippen molar-refractivity contribution in [1.82, 2.24) is 5.01 Å². The average Bonchev–Trinajstić information content (AvgIpc) is 3.26. The van der Waals surface area contributed by atoms with E-state index in [0.29, 0.717) is 27.1 Å². The molecular formula is C21H16Cl2N2O3. The predicted molar refractivity (Wildman–Crippen MR) is 106 cm³/mol. The number of allylic oxidation sites excluding steroid dienone is 2. The number of nitrogens with zero attached hydrogens (tertiary/aromatic N) is 2. The molecule has 1 saturated carbocycles. The second-order valence-electron chi connectivity index (χ2n) is 7.40. The van der Waals surface area contributed by atoms with Crippen LogP contribution >= 0.6 is 23.2 Å². The van der Waals surface area contributed by atoms with Crippen molar-refractivity contribution in [2.75, 3.05) is 0 Å². The van der Waals surface area contributed by atoms with Gasteiger partial charge in [0.05, 0.1) is 23.1 Å². The monoisotopic (exact) mass is 414 g/mol. The number of hydrogen-bond donors (Lipinski definition) is 0. The van der Waals surface area contributed by atoms with Crippen LogP contribution in [0.15, 0.2) is 52.0 Å². The molecule has 0 spiro atoms. The van der Waals surface area contributed by atoms with E-state index < -0.39 is 0 Å². The molecule has 142 valence electrons. The van der Waals surface area contributed by atoms with Crippen LogP contribution in [0.1, 0.15) is 18.6 Å². The highest BCUT2D eigenvalue weighted by atomic mass is 35.5. The van der Waals surface area contributed by atoms with E-state index in [1.807, 2.05) is 0 Å². The van der Waals surface area contributed by atoms with Gasteiger partial charge < -0.3 is 4.42 Å². The number of hydrogen-bond acceptors (Lipinski definition) is 4. The van der Waals surface area contributed by atoms with Crippen LogP contribution in [-0.2, 0) is 9.59 Å². The maximum atomic E-state index is 12.8. The number of furan rings is 1. The molecule has 2 aromatic rings. The Morgan fingerprint density at radius 3 is 2.29 bits per heavy atom. The minimum atomic E-state index is -0.270. The van der Waals surface area contributed by atoms with Crippen molar-refractivity contribution in [3.05, 3.63) is 58.3 Å². The van der Waals surface area contributed by atoms with Crippen molar-refractivity contribution in [3.8, 4) is 11.3 Å². The summed E-state index contributed by atoms with van der Waals surface area (Å²) in [5.41, 5.74) is 0.702. The van der Waals surface area contributed by atoms with Gasteiger partial charge in [0.2, 0.25) is 0 Å². The summed E-state index contributed by atoms with van der Waals surface area (Å²) in [6.45, 7) is 0. The van der Waals surface area contributed by atoms with Gasteiger partial charge in [-0.1, -0.05) is 35.4 Å². The number of hydrazone groups is 1. The number of fused-ring (bicyclic) bond motifs is 1. The van der Waals surface area contributed by atoms with Gasteiger partial charge in [-0.05, 0) is 55.0 Å². The fraction of sp³-hybridized carbons (Fsp3) is 0.286. The lowest BCUT2D eigenvalue weighted by atomic mass is 9.63. The van der Waals surface area contributed by atoms with Crippen LogP contribution in [0.5, 0.6) is 0 Å². The number of imide groups is 1. The number of rotatable bonds is 3. The molecule has 2 bridgehead atoms. The molecule has 6 rings (SSSR count). The summed E-state index contributed by atoms with van der Waals surface area (Å²) in [4.78, 5) is 25.5. The number of carbonyl (C=O) groups is 2. The Morgan fingerprint density at radius 2 is 1.68 bits per heavy atom. The summed E-state index contributed by atoms with van der Waals surface area (Å²) in [5, 5.41) is 6.19. The Bertz CT molecular complexity index is 1010. The van der Waals surface area contributed by atoms with E-state index >= 15 is 0 Å². The van der Waals surface area contributed by atoms with Crippen molar-refractivity contribution in [1.29, 1.82) is 0 Å². The number of halogens is 2. The summed E-state index contributed by atoms with van der Waals surface area (Å²) in [6, 6.07) is 8.61. The number of benzene rings is 1. The van der Waals surface area contributed by atoms with Gasteiger partial charge in [0.15, 0.2) is 0 Å². The van der Waals surface area contributed by atoms with Crippen LogP contribution in [0.25, 0.3) is 11.3 Å². The topological polar surface area (TPSA) is 62.9 Å². The standard InChI is InChI=1S/C21H16Cl2N2O3/c22-13-5-7-15(16(23)9-13)17-8-6-14(28-17)10-24-25-20(26)18-11-1-2-12(4-3-11)19(18)21(25)27/h1-2,5-12,18-19H,3-4H2/b24-10-/t11-,12-,18-,19-/m0/s1. The number of carbonyl (C=O) groups excluding carboxylic acids is 2. The zero-order valence-electron chi connectivity index (χ0n) is 14.7. The number of amides is 2. The minimum absolute atomic E-state index is 0.147. The summed E-state index contributed by atoms with van der Waals surface area (Å²) in [5.74, 6) is 0.316. The highest BCUT2D eigenvalue weighted by Crippen LogP contribution is 2.49. The van der Waals surface area contributed by atoms with Crippen molar-refractivity contribution in [3.63, 3.8) is 0 Å². The van der Waals surface area contributed by atoms with E-state index in [1.54, 1.807) is 30.3 Å². The summed E-state index contributed by atoms with van der Waals surface area (Å²) >= 11 is 12.1. The van der Waals surface area contributed by atoms with E-state index in [9.17, 15) is 9.59 Å². The Labute approximate surface area is 171 Å². The third-order valence-electron chi connectivity index (χ3n) is 5.86. The predicted octanol–water partition coefficient (Wildman–Crippen LogP) is 4.78. The van der Waals surface area contributed by atoms with Gasteiger partial charge in [0.1, 0.15) is 11.5 Å². The van der Waals surface area contributed by atoms with E-state index in [-0.39, 0.29) is 35.5 Å². The maximum absolute atomic E-state index is 12.8. The fourth-order valence-electron chi connectivity index (χ4n) is 4.54. The molecule has 2 fully saturated rings. The molecule has 4 aliphatic rings. The zero-order valence-corrected chi connectivity index (χ0v) is 16.2. The lowest BCUT2D eigenvalue weighted by Crippen LogP contribution is -2.38. The Morgan fingerprint density at radius 1 is 1.00 bits per heavy atom. The summed E-state index contributed by atoms with van der Waals surface area (Å²) < 4.78 is 5.76. The van der Waals surface area contributed by atoms with Gasteiger partial charge >= 0.3 is 0 Å². The third-order valence-corrected chi connectivity index (χ3v) is 6.41. The lowest BCUT2D eigenvalue weighted by molar-refractivity contribution is -0.140. The molecule has 2 amide bonds. The molecule has 0 radical (unpaired) electrons. The smallest absolute Gasteiger partial charge is 0.254 e. The van der Waals surface area contributed by atoms with Crippen molar-refractivity contribution in [2.24, 2.45) is 28.8 Å². The van der Waals surface area contributed by atoms with Gasteiger partial charge in [0, 0.05) is 10.6 Å². The molecule has 0 N–H and O–H groups in total. The SMILES string of the molecule is O=C1[C@@H]2[C@@H](C(=O)N1/N=C\c1ccc(-c3ccc(Cl)cc3Cl)o1)[C@H]1C=C[C@H]2CC1. The average molecular weight is 415 g/mol. The van der Waals surface area contributed by atoms with E-state index in [4.69, 9.17) is 27.6 Å².